The van der Waals surface area contributed by atoms with Gasteiger partial charge < -0.3 is 14.0 Å². The summed E-state index contributed by atoms with van der Waals surface area (Å²) < 4.78 is 7.48. The highest BCUT2D eigenvalue weighted by Crippen LogP contribution is 2.42. The molecule has 3 aromatic rings. The van der Waals surface area contributed by atoms with Crippen LogP contribution in [0.2, 0.25) is 0 Å². The molecule has 2 aromatic heterocycles. The van der Waals surface area contributed by atoms with E-state index in [9.17, 15) is 4.79 Å². The molecule has 7 nitrogen and oxygen atoms in total. The summed E-state index contributed by atoms with van der Waals surface area (Å²) in [6.07, 6.45) is 3.75. The Morgan fingerprint density at radius 1 is 1.13 bits per heavy atom. The number of piperidine rings is 1. The van der Waals surface area contributed by atoms with E-state index >= 15 is 0 Å². The normalized spacial score (nSPS) is 18.5. The highest BCUT2D eigenvalue weighted by molar-refractivity contribution is 5.92. The molecule has 1 amide bonds. The van der Waals surface area contributed by atoms with Gasteiger partial charge in [0.25, 0.3) is 5.91 Å². The van der Waals surface area contributed by atoms with Gasteiger partial charge in [0.2, 0.25) is 0 Å². The van der Waals surface area contributed by atoms with Gasteiger partial charge in [0.05, 0.1) is 17.4 Å². The number of benzene rings is 1. The van der Waals surface area contributed by atoms with E-state index < -0.39 is 0 Å². The molecular weight excluding hydrogens is 378 g/mol. The zero-order valence-corrected chi connectivity index (χ0v) is 17.5. The minimum atomic E-state index is -0.128. The van der Waals surface area contributed by atoms with Crippen LogP contribution in [0.3, 0.4) is 0 Å². The van der Waals surface area contributed by atoms with Crippen molar-refractivity contribution in [1.29, 1.82) is 0 Å². The highest BCUT2D eigenvalue weighted by Gasteiger charge is 2.47. The first kappa shape index (κ1) is 19.1. The second-order valence-corrected chi connectivity index (χ2v) is 8.21. The molecule has 2 aliphatic rings. The van der Waals surface area contributed by atoms with Gasteiger partial charge in [0.1, 0.15) is 11.6 Å². The number of imidazole rings is 1. The van der Waals surface area contributed by atoms with Gasteiger partial charge in [-0.2, -0.15) is 0 Å². The van der Waals surface area contributed by atoms with Crippen LogP contribution < -0.4 is 0 Å². The Morgan fingerprint density at radius 3 is 2.57 bits per heavy atom. The molecule has 156 valence electrons. The van der Waals surface area contributed by atoms with Crippen molar-refractivity contribution in [2.45, 2.75) is 38.8 Å². The maximum atomic E-state index is 12.8. The van der Waals surface area contributed by atoms with Crippen molar-refractivity contribution < 1.29 is 9.32 Å². The molecule has 0 saturated carbocycles. The highest BCUT2D eigenvalue weighted by atomic mass is 16.5. The maximum absolute atomic E-state index is 12.8. The van der Waals surface area contributed by atoms with Crippen LogP contribution in [0.15, 0.2) is 47.1 Å². The quantitative estimate of drug-likeness (QED) is 0.669. The number of hydrogen-bond donors (Lipinski definition) is 0. The molecule has 2 aliphatic heterocycles. The molecule has 0 N–H and O–H groups in total. The third-order valence-corrected chi connectivity index (χ3v) is 6.65. The summed E-state index contributed by atoms with van der Waals surface area (Å²) in [5.41, 5.74) is 2.64. The van der Waals surface area contributed by atoms with E-state index in [-0.39, 0.29) is 11.4 Å². The summed E-state index contributed by atoms with van der Waals surface area (Å²) in [5.74, 6) is 1.75. The second-order valence-electron chi connectivity index (χ2n) is 8.21. The van der Waals surface area contributed by atoms with Crippen molar-refractivity contribution >= 4 is 5.91 Å². The first-order chi connectivity index (χ1) is 14.6. The predicted molar refractivity (Wildman–Crippen MR) is 113 cm³/mol. The summed E-state index contributed by atoms with van der Waals surface area (Å²) >= 11 is 0. The Kier molecular flexibility index (Phi) is 4.70. The lowest BCUT2D eigenvalue weighted by Crippen LogP contribution is -2.58. The standard InChI is InChI=1S/C23H27N5O2/c1-3-27-13-14-28-20(18-7-5-4-6-8-18)16-24-22(28)23(27)9-11-26(12-10-23)21(29)19-15-17(2)30-25-19/h4-8,15-16H,3,9-14H2,1-2H3. The molecule has 0 atom stereocenters. The molecule has 0 radical (unpaired) electrons. The molecule has 1 aromatic carbocycles. The van der Waals surface area contributed by atoms with Gasteiger partial charge >= 0.3 is 0 Å². The SMILES string of the molecule is CCN1CCn2c(-c3ccccc3)cnc2C12CCN(C(=O)c1cc(C)on1)CC2. The number of nitrogens with zero attached hydrogens (tertiary/aromatic N) is 5. The topological polar surface area (TPSA) is 67.4 Å². The van der Waals surface area contributed by atoms with Crippen molar-refractivity contribution in [2.24, 2.45) is 0 Å². The smallest absolute Gasteiger partial charge is 0.276 e. The van der Waals surface area contributed by atoms with E-state index in [4.69, 9.17) is 9.51 Å². The largest absolute Gasteiger partial charge is 0.361 e. The Bertz CT molecular complexity index is 1050. The Hall–Kier alpha value is -2.93. The van der Waals surface area contributed by atoms with Crippen LogP contribution in [-0.4, -0.2) is 56.6 Å². The van der Waals surface area contributed by atoms with Crippen LogP contribution in [0.25, 0.3) is 11.3 Å². The van der Waals surface area contributed by atoms with Gasteiger partial charge in [-0.1, -0.05) is 42.4 Å². The number of carbonyl (C=O) groups excluding carboxylic acids is 1. The van der Waals surface area contributed by atoms with Crippen LogP contribution >= 0.6 is 0 Å². The predicted octanol–water partition coefficient (Wildman–Crippen LogP) is 3.31. The Balaban J connectivity index is 1.44. The monoisotopic (exact) mass is 405 g/mol. The summed E-state index contributed by atoms with van der Waals surface area (Å²) in [6, 6.07) is 12.2. The number of rotatable bonds is 3. The third-order valence-electron chi connectivity index (χ3n) is 6.65. The van der Waals surface area contributed by atoms with Crippen LogP contribution in [0.5, 0.6) is 0 Å². The lowest BCUT2D eigenvalue weighted by molar-refractivity contribution is -0.00337. The molecule has 1 saturated heterocycles. The van der Waals surface area contributed by atoms with E-state index in [0.29, 0.717) is 24.5 Å². The first-order valence-electron chi connectivity index (χ1n) is 10.7. The fraction of sp³-hybridized carbons (Fsp3) is 0.435. The molecule has 0 bridgehead atoms. The molecule has 1 fully saturated rings. The number of fused-ring (bicyclic) bond motifs is 2. The van der Waals surface area contributed by atoms with E-state index in [2.05, 4.69) is 45.8 Å². The molecular formula is C23H27N5O2. The van der Waals surface area contributed by atoms with E-state index in [1.54, 1.807) is 13.0 Å². The van der Waals surface area contributed by atoms with E-state index in [0.717, 1.165) is 38.3 Å². The van der Waals surface area contributed by atoms with Crippen LogP contribution in [-0.2, 0) is 12.1 Å². The number of likely N-dealkylation sites (tertiary alicyclic amines) is 1. The molecule has 4 heterocycles. The molecule has 1 spiro atoms. The van der Waals surface area contributed by atoms with Gasteiger partial charge in [0.15, 0.2) is 5.69 Å². The van der Waals surface area contributed by atoms with Crippen molar-refractivity contribution in [1.82, 2.24) is 24.5 Å². The van der Waals surface area contributed by atoms with Gasteiger partial charge in [0, 0.05) is 32.2 Å². The molecule has 30 heavy (non-hydrogen) atoms. The number of likely N-dealkylation sites (N-methyl/N-ethyl adjacent to an activating group) is 1. The molecule has 0 aliphatic carbocycles. The lowest BCUT2D eigenvalue weighted by Gasteiger charge is -2.50. The average molecular weight is 406 g/mol. The zero-order chi connectivity index (χ0) is 20.7. The summed E-state index contributed by atoms with van der Waals surface area (Å²) in [5, 5.41) is 3.91. The maximum Gasteiger partial charge on any atom is 0.276 e. The summed E-state index contributed by atoms with van der Waals surface area (Å²) in [7, 11) is 0. The summed E-state index contributed by atoms with van der Waals surface area (Å²) in [6.45, 7) is 8.31. The van der Waals surface area contributed by atoms with Crippen LogP contribution in [0.1, 0.15) is 41.8 Å². The van der Waals surface area contributed by atoms with Gasteiger partial charge in [-0.15, -0.1) is 0 Å². The van der Waals surface area contributed by atoms with Gasteiger partial charge in [-0.25, -0.2) is 4.98 Å². The molecule has 0 unspecified atom stereocenters. The Labute approximate surface area is 176 Å². The minimum absolute atomic E-state index is 0.0473. The zero-order valence-electron chi connectivity index (χ0n) is 17.5. The molecule has 7 heteroatoms. The number of aromatic nitrogens is 3. The van der Waals surface area contributed by atoms with E-state index in [1.165, 1.54) is 11.3 Å². The molecule has 5 rings (SSSR count). The fourth-order valence-corrected chi connectivity index (χ4v) is 5.10. The first-order valence-corrected chi connectivity index (χ1v) is 10.7. The van der Waals surface area contributed by atoms with Crippen LogP contribution in [0.4, 0.5) is 0 Å². The van der Waals surface area contributed by atoms with Crippen molar-refractivity contribution in [2.75, 3.05) is 26.2 Å². The number of carbonyl (C=O) groups is 1. The van der Waals surface area contributed by atoms with Crippen molar-refractivity contribution in [3.63, 3.8) is 0 Å². The number of hydrogen-bond acceptors (Lipinski definition) is 5. The van der Waals surface area contributed by atoms with Crippen LogP contribution in [0, 0.1) is 6.92 Å². The number of amides is 1. The van der Waals surface area contributed by atoms with Gasteiger partial charge in [-0.3, -0.25) is 9.69 Å². The fourth-order valence-electron chi connectivity index (χ4n) is 5.10. The second kappa shape index (κ2) is 7.40. The number of aryl methyl sites for hydroxylation is 1. The Morgan fingerprint density at radius 2 is 1.90 bits per heavy atom. The van der Waals surface area contributed by atoms with Crippen molar-refractivity contribution in [3.05, 3.63) is 59.9 Å². The summed E-state index contributed by atoms with van der Waals surface area (Å²) in [4.78, 5) is 22.2. The average Bonchev–Trinajstić information content (AvgIpc) is 3.42. The minimum Gasteiger partial charge on any atom is -0.361 e. The lowest BCUT2D eigenvalue weighted by atomic mass is 9.83. The van der Waals surface area contributed by atoms with Gasteiger partial charge in [-0.05, 0) is 31.9 Å². The van der Waals surface area contributed by atoms with Crippen molar-refractivity contribution in [3.8, 4) is 11.3 Å². The van der Waals surface area contributed by atoms with E-state index in [1.807, 2.05) is 17.2 Å². The third kappa shape index (κ3) is 2.96.